The molecule has 0 saturated heterocycles. The van der Waals surface area contributed by atoms with Crippen LogP contribution >= 0.6 is 0 Å². The van der Waals surface area contributed by atoms with Gasteiger partial charge in [0, 0.05) is 11.1 Å². The Morgan fingerprint density at radius 1 is 0.952 bits per heavy atom. The van der Waals surface area contributed by atoms with Gasteiger partial charge >= 0.3 is 0 Å². The molecule has 214 valence electrons. The van der Waals surface area contributed by atoms with Crippen molar-refractivity contribution < 1.29 is 18.6 Å². The van der Waals surface area contributed by atoms with Crippen molar-refractivity contribution in [3.63, 3.8) is 0 Å². The number of ether oxygens (including phenoxy) is 3. The molecule has 0 fully saturated rings. The quantitative estimate of drug-likeness (QED) is 0.178. The lowest BCUT2D eigenvalue weighted by Crippen LogP contribution is -2.21. The monoisotopic (exact) mass is 565 g/mol. The molecule has 0 spiro atoms. The lowest BCUT2D eigenvalue weighted by atomic mass is 9.96. The standard InChI is InChI=1S/C34H32FN3O4/c1-21(2)27-18-28(22(3)16-31(27)41-5)33-37-29-14-7-6-13-26(29)34(39)38(33)36-19-24-11-9-15-30(40-4)32(24)42-20-23-10-8-12-25(35)17-23/h6-19,21H,20H2,1-5H3. The van der Waals surface area contributed by atoms with E-state index in [0.29, 0.717) is 39.4 Å². The maximum Gasteiger partial charge on any atom is 0.282 e. The second-order valence-corrected chi connectivity index (χ2v) is 10.2. The zero-order chi connectivity index (χ0) is 29.8. The van der Waals surface area contributed by atoms with Gasteiger partial charge in [-0.3, -0.25) is 4.79 Å². The van der Waals surface area contributed by atoms with E-state index in [9.17, 15) is 9.18 Å². The molecule has 5 rings (SSSR count). The Hall–Kier alpha value is -4.98. The van der Waals surface area contributed by atoms with Crippen LogP contribution in [0.2, 0.25) is 0 Å². The van der Waals surface area contributed by atoms with Crippen molar-refractivity contribution in [2.45, 2.75) is 33.3 Å². The Bertz CT molecular complexity index is 1850. The first-order valence-corrected chi connectivity index (χ1v) is 13.6. The summed E-state index contributed by atoms with van der Waals surface area (Å²) >= 11 is 0. The molecule has 5 aromatic rings. The first-order chi connectivity index (χ1) is 20.3. The molecular weight excluding hydrogens is 533 g/mol. The van der Waals surface area contributed by atoms with Gasteiger partial charge in [-0.05, 0) is 78.1 Å². The zero-order valence-electron chi connectivity index (χ0n) is 24.2. The highest BCUT2D eigenvalue weighted by molar-refractivity contribution is 5.86. The Morgan fingerprint density at radius 2 is 1.71 bits per heavy atom. The predicted molar refractivity (Wildman–Crippen MR) is 164 cm³/mol. The van der Waals surface area contributed by atoms with Crippen LogP contribution in [0.1, 0.15) is 42.0 Å². The maximum absolute atomic E-state index is 13.8. The molecule has 4 aromatic carbocycles. The maximum atomic E-state index is 13.8. The summed E-state index contributed by atoms with van der Waals surface area (Å²) in [6.07, 6.45) is 1.55. The summed E-state index contributed by atoms with van der Waals surface area (Å²) in [5, 5.41) is 5.10. The van der Waals surface area contributed by atoms with Gasteiger partial charge in [-0.1, -0.05) is 44.2 Å². The number of nitrogens with zero attached hydrogens (tertiary/aromatic N) is 3. The lowest BCUT2D eigenvalue weighted by Gasteiger charge is -2.17. The highest BCUT2D eigenvalue weighted by atomic mass is 19.1. The third-order valence-electron chi connectivity index (χ3n) is 7.01. The molecule has 0 atom stereocenters. The minimum absolute atomic E-state index is 0.116. The fourth-order valence-electron chi connectivity index (χ4n) is 4.82. The van der Waals surface area contributed by atoms with Gasteiger partial charge in [-0.15, -0.1) is 0 Å². The van der Waals surface area contributed by atoms with Crippen molar-refractivity contribution in [3.05, 3.63) is 117 Å². The average molecular weight is 566 g/mol. The van der Waals surface area contributed by atoms with E-state index in [1.807, 2.05) is 37.3 Å². The molecule has 42 heavy (non-hydrogen) atoms. The van der Waals surface area contributed by atoms with Gasteiger partial charge in [-0.2, -0.15) is 9.78 Å². The molecular formula is C34H32FN3O4. The van der Waals surface area contributed by atoms with Gasteiger partial charge in [0.1, 0.15) is 18.2 Å². The Kier molecular flexibility index (Phi) is 8.33. The van der Waals surface area contributed by atoms with E-state index in [2.05, 4.69) is 18.9 Å². The van der Waals surface area contributed by atoms with Crippen molar-refractivity contribution in [3.8, 4) is 28.6 Å². The van der Waals surface area contributed by atoms with E-state index in [1.54, 1.807) is 56.8 Å². The molecule has 0 saturated carbocycles. The molecule has 0 radical (unpaired) electrons. The number of hydrogen-bond donors (Lipinski definition) is 0. The van der Waals surface area contributed by atoms with Crippen LogP contribution in [0.5, 0.6) is 17.2 Å². The average Bonchev–Trinajstić information content (AvgIpc) is 2.99. The second-order valence-electron chi connectivity index (χ2n) is 10.2. The Morgan fingerprint density at radius 3 is 2.45 bits per heavy atom. The minimum Gasteiger partial charge on any atom is -0.496 e. The smallest absolute Gasteiger partial charge is 0.282 e. The summed E-state index contributed by atoms with van der Waals surface area (Å²) in [5.74, 6) is 1.91. The number of hydrogen-bond acceptors (Lipinski definition) is 6. The lowest BCUT2D eigenvalue weighted by molar-refractivity contribution is 0.283. The Balaban J connectivity index is 1.65. The zero-order valence-corrected chi connectivity index (χ0v) is 24.2. The van der Waals surface area contributed by atoms with Gasteiger partial charge in [0.05, 0.1) is 31.3 Å². The van der Waals surface area contributed by atoms with Gasteiger partial charge < -0.3 is 14.2 Å². The van der Waals surface area contributed by atoms with Gasteiger partial charge in [-0.25, -0.2) is 9.37 Å². The van der Waals surface area contributed by atoms with Gasteiger partial charge in [0.25, 0.3) is 5.56 Å². The summed E-state index contributed by atoms with van der Waals surface area (Å²) in [6, 6.07) is 22.8. The fourth-order valence-corrected chi connectivity index (χ4v) is 4.82. The van der Waals surface area contributed by atoms with Crippen LogP contribution in [0.4, 0.5) is 4.39 Å². The number of aryl methyl sites for hydroxylation is 1. The molecule has 0 aliphatic carbocycles. The van der Waals surface area contributed by atoms with Crippen molar-refractivity contribution >= 4 is 17.1 Å². The molecule has 8 heteroatoms. The van der Waals surface area contributed by atoms with Crippen LogP contribution in [0.15, 0.2) is 88.8 Å². The van der Waals surface area contributed by atoms with Crippen molar-refractivity contribution in [1.29, 1.82) is 0 Å². The topological polar surface area (TPSA) is 74.9 Å². The highest BCUT2D eigenvalue weighted by Gasteiger charge is 2.19. The third-order valence-corrected chi connectivity index (χ3v) is 7.01. The van der Waals surface area contributed by atoms with E-state index in [0.717, 1.165) is 22.4 Å². The largest absolute Gasteiger partial charge is 0.496 e. The van der Waals surface area contributed by atoms with Crippen molar-refractivity contribution in [2.75, 3.05) is 14.2 Å². The number of benzene rings is 4. The molecule has 0 aliphatic heterocycles. The van der Waals surface area contributed by atoms with Gasteiger partial charge in [0.2, 0.25) is 0 Å². The van der Waals surface area contributed by atoms with E-state index < -0.39 is 0 Å². The third kappa shape index (κ3) is 5.74. The summed E-state index contributed by atoms with van der Waals surface area (Å²) in [5.41, 5.74) is 4.17. The molecule has 0 bridgehead atoms. The molecule has 1 aromatic heterocycles. The van der Waals surface area contributed by atoms with Crippen LogP contribution in [0.3, 0.4) is 0 Å². The van der Waals surface area contributed by atoms with Crippen molar-refractivity contribution in [2.24, 2.45) is 5.10 Å². The van der Waals surface area contributed by atoms with Crippen LogP contribution in [0.25, 0.3) is 22.3 Å². The molecule has 0 aliphatic rings. The first-order valence-electron chi connectivity index (χ1n) is 13.6. The Labute approximate surface area is 243 Å². The number of rotatable bonds is 9. The molecule has 0 N–H and O–H groups in total. The minimum atomic E-state index is -0.344. The summed E-state index contributed by atoms with van der Waals surface area (Å²) in [7, 11) is 3.19. The molecule has 7 nitrogen and oxygen atoms in total. The van der Waals surface area contributed by atoms with Crippen LogP contribution in [0, 0.1) is 12.7 Å². The number of aromatic nitrogens is 2. The molecule has 0 unspecified atom stereocenters. The van der Waals surface area contributed by atoms with Crippen LogP contribution < -0.4 is 19.8 Å². The van der Waals surface area contributed by atoms with E-state index in [-0.39, 0.29) is 23.9 Å². The SMILES string of the molecule is COc1cc(C)c(-c2nc3ccccc3c(=O)n2N=Cc2cccc(OC)c2OCc2cccc(F)c2)cc1C(C)C. The number of para-hydroxylation sites is 2. The van der Waals surface area contributed by atoms with Crippen LogP contribution in [-0.2, 0) is 6.61 Å². The molecule has 0 amide bonds. The number of halogens is 1. The first kappa shape index (κ1) is 28.5. The van der Waals surface area contributed by atoms with Gasteiger partial charge in [0.15, 0.2) is 17.3 Å². The summed E-state index contributed by atoms with van der Waals surface area (Å²) in [6.45, 7) is 6.25. The summed E-state index contributed by atoms with van der Waals surface area (Å²) in [4.78, 5) is 18.7. The van der Waals surface area contributed by atoms with E-state index in [1.165, 1.54) is 16.8 Å². The van der Waals surface area contributed by atoms with E-state index in [4.69, 9.17) is 19.2 Å². The predicted octanol–water partition coefficient (Wildman–Crippen LogP) is 7.11. The fraction of sp³-hybridized carbons (Fsp3) is 0.206. The normalized spacial score (nSPS) is 11.4. The van der Waals surface area contributed by atoms with Crippen molar-refractivity contribution in [1.82, 2.24) is 9.66 Å². The molecule has 1 heterocycles. The highest BCUT2D eigenvalue weighted by Crippen LogP contribution is 2.34. The number of methoxy groups -OCH3 is 2. The second kappa shape index (κ2) is 12.3. The van der Waals surface area contributed by atoms with E-state index >= 15 is 0 Å². The summed E-state index contributed by atoms with van der Waals surface area (Å²) < 4.78 is 32.3. The van der Waals surface area contributed by atoms with Crippen LogP contribution in [-0.4, -0.2) is 30.1 Å². The number of fused-ring (bicyclic) bond motifs is 1.